The van der Waals surface area contributed by atoms with Gasteiger partial charge >= 0.3 is 5.97 Å². The van der Waals surface area contributed by atoms with E-state index in [1.807, 2.05) is 30.3 Å². The van der Waals surface area contributed by atoms with Crippen LogP contribution in [0.2, 0.25) is 0 Å². The Labute approximate surface area is 156 Å². The predicted octanol–water partition coefficient (Wildman–Crippen LogP) is 4.18. The molecule has 3 rings (SSSR count). The van der Waals surface area contributed by atoms with Gasteiger partial charge in [0.2, 0.25) is 5.91 Å². The molecule has 0 spiro atoms. The Morgan fingerprint density at radius 1 is 1.23 bits per heavy atom. The quantitative estimate of drug-likeness (QED) is 0.611. The van der Waals surface area contributed by atoms with Gasteiger partial charge in [-0.15, -0.1) is 11.3 Å². The normalized spacial score (nSPS) is 18.3. The van der Waals surface area contributed by atoms with Gasteiger partial charge in [0.1, 0.15) is 5.00 Å². The molecule has 1 heterocycles. The summed E-state index contributed by atoms with van der Waals surface area (Å²) in [6, 6.07) is 9.91. The van der Waals surface area contributed by atoms with Crippen molar-refractivity contribution in [2.24, 2.45) is 5.92 Å². The standard InChI is InChI=1S/C20H21NO4S/c1-4-25-20(24)16-11(2)17(12(3)22)26-19(16)21-18(23)15-10-14(15)13-8-6-5-7-9-13/h5-9,14-15H,4,10H2,1-3H3,(H,21,23)/t14-,15-/m1/s1. The van der Waals surface area contributed by atoms with Gasteiger partial charge in [-0.25, -0.2) is 4.79 Å². The third-order valence-electron chi connectivity index (χ3n) is 4.54. The second kappa shape index (κ2) is 7.41. The number of thiophene rings is 1. The first kappa shape index (κ1) is 18.3. The fourth-order valence-corrected chi connectivity index (χ4v) is 4.24. The van der Waals surface area contributed by atoms with Crippen LogP contribution in [-0.4, -0.2) is 24.3 Å². The highest BCUT2D eigenvalue weighted by atomic mass is 32.1. The van der Waals surface area contributed by atoms with Crippen LogP contribution in [0, 0.1) is 12.8 Å². The van der Waals surface area contributed by atoms with Crippen LogP contribution in [0.15, 0.2) is 30.3 Å². The first-order chi connectivity index (χ1) is 12.4. The molecule has 1 aliphatic carbocycles. The molecular formula is C20H21NO4S. The number of carbonyl (C=O) groups is 3. The van der Waals surface area contributed by atoms with E-state index in [0.717, 1.165) is 23.3 Å². The van der Waals surface area contributed by atoms with Gasteiger partial charge in [0.15, 0.2) is 5.78 Å². The Morgan fingerprint density at radius 2 is 1.92 bits per heavy atom. The molecule has 5 nitrogen and oxygen atoms in total. The monoisotopic (exact) mass is 371 g/mol. The lowest BCUT2D eigenvalue weighted by Crippen LogP contribution is -2.16. The van der Waals surface area contributed by atoms with E-state index < -0.39 is 5.97 Å². The molecule has 26 heavy (non-hydrogen) atoms. The predicted molar refractivity (Wildman–Crippen MR) is 101 cm³/mol. The fourth-order valence-electron chi connectivity index (χ4n) is 3.14. The number of ketones is 1. The Kier molecular flexibility index (Phi) is 5.23. The van der Waals surface area contributed by atoms with E-state index in [-0.39, 0.29) is 35.7 Å². The number of anilines is 1. The largest absolute Gasteiger partial charge is 0.462 e. The molecule has 1 aliphatic rings. The smallest absolute Gasteiger partial charge is 0.341 e. The molecule has 1 aromatic carbocycles. The van der Waals surface area contributed by atoms with Crippen LogP contribution in [0.25, 0.3) is 0 Å². The van der Waals surface area contributed by atoms with Gasteiger partial charge in [0.05, 0.1) is 17.0 Å². The average Bonchev–Trinajstić information content (AvgIpc) is 3.34. The first-order valence-electron chi connectivity index (χ1n) is 8.61. The number of esters is 1. The number of benzene rings is 1. The molecule has 1 saturated carbocycles. The van der Waals surface area contributed by atoms with Crippen molar-refractivity contribution in [3.63, 3.8) is 0 Å². The van der Waals surface area contributed by atoms with E-state index >= 15 is 0 Å². The molecule has 1 N–H and O–H groups in total. The summed E-state index contributed by atoms with van der Waals surface area (Å²) in [6.07, 6.45) is 0.786. The molecule has 136 valence electrons. The number of hydrogen-bond donors (Lipinski definition) is 1. The molecule has 0 bridgehead atoms. The van der Waals surface area contributed by atoms with Crippen molar-refractivity contribution < 1.29 is 19.1 Å². The molecule has 1 fully saturated rings. The lowest BCUT2D eigenvalue weighted by atomic mass is 10.1. The lowest BCUT2D eigenvalue weighted by molar-refractivity contribution is -0.117. The van der Waals surface area contributed by atoms with Crippen molar-refractivity contribution in [3.05, 3.63) is 51.9 Å². The van der Waals surface area contributed by atoms with E-state index in [0.29, 0.717) is 15.4 Å². The summed E-state index contributed by atoms with van der Waals surface area (Å²) in [5.41, 5.74) is 1.99. The van der Waals surface area contributed by atoms with Gasteiger partial charge in [0, 0.05) is 5.92 Å². The number of amides is 1. The molecule has 2 atom stereocenters. The second-order valence-electron chi connectivity index (χ2n) is 6.39. The third-order valence-corrected chi connectivity index (χ3v) is 5.85. The summed E-state index contributed by atoms with van der Waals surface area (Å²) in [5, 5.41) is 3.25. The van der Waals surface area contributed by atoms with Crippen LogP contribution in [0.5, 0.6) is 0 Å². The number of Topliss-reactive ketones (excluding diaryl/α,β-unsaturated/α-hetero) is 1. The van der Waals surface area contributed by atoms with Crippen molar-refractivity contribution in [1.82, 2.24) is 0 Å². The minimum atomic E-state index is -0.514. The number of hydrogen-bond acceptors (Lipinski definition) is 5. The SMILES string of the molecule is CCOC(=O)c1c(NC(=O)[C@@H]2C[C@@H]2c2ccccc2)sc(C(C)=O)c1C. The summed E-state index contributed by atoms with van der Waals surface area (Å²) >= 11 is 1.14. The van der Waals surface area contributed by atoms with Crippen LogP contribution in [-0.2, 0) is 9.53 Å². The molecule has 1 amide bonds. The first-order valence-corrected chi connectivity index (χ1v) is 9.42. The molecule has 0 radical (unpaired) electrons. The van der Waals surface area contributed by atoms with E-state index in [1.165, 1.54) is 6.92 Å². The van der Waals surface area contributed by atoms with Crippen LogP contribution in [0.1, 0.15) is 57.3 Å². The summed E-state index contributed by atoms with van der Waals surface area (Å²) in [5.74, 6) is -0.682. The summed E-state index contributed by atoms with van der Waals surface area (Å²) < 4.78 is 5.10. The Morgan fingerprint density at radius 3 is 2.54 bits per heavy atom. The molecule has 0 saturated heterocycles. The molecule has 6 heteroatoms. The van der Waals surface area contributed by atoms with Crippen molar-refractivity contribution in [1.29, 1.82) is 0 Å². The maximum Gasteiger partial charge on any atom is 0.341 e. The van der Waals surface area contributed by atoms with E-state index in [2.05, 4.69) is 5.32 Å². The zero-order valence-electron chi connectivity index (χ0n) is 15.0. The zero-order valence-corrected chi connectivity index (χ0v) is 15.8. The van der Waals surface area contributed by atoms with E-state index in [9.17, 15) is 14.4 Å². The average molecular weight is 371 g/mol. The maximum atomic E-state index is 12.6. The highest BCUT2D eigenvalue weighted by Crippen LogP contribution is 2.48. The zero-order chi connectivity index (χ0) is 18.8. The van der Waals surface area contributed by atoms with Gasteiger partial charge in [0.25, 0.3) is 0 Å². The lowest BCUT2D eigenvalue weighted by Gasteiger charge is -2.07. The Balaban J connectivity index is 1.81. The van der Waals surface area contributed by atoms with Crippen LogP contribution in [0.4, 0.5) is 5.00 Å². The molecular weight excluding hydrogens is 350 g/mol. The summed E-state index contributed by atoms with van der Waals surface area (Å²) in [4.78, 5) is 37.2. The number of nitrogens with one attached hydrogen (secondary N) is 1. The molecule has 0 aliphatic heterocycles. The van der Waals surface area contributed by atoms with Gasteiger partial charge in [-0.05, 0) is 44.2 Å². The van der Waals surface area contributed by atoms with Gasteiger partial charge in [-0.1, -0.05) is 30.3 Å². The third kappa shape index (κ3) is 3.55. The van der Waals surface area contributed by atoms with Crippen molar-refractivity contribution >= 4 is 34.0 Å². The molecule has 2 aromatic rings. The van der Waals surface area contributed by atoms with Crippen molar-refractivity contribution in [2.45, 2.75) is 33.1 Å². The summed E-state index contributed by atoms with van der Waals surface area (Å²) in [7, 11) is 0. The minimum Gasteiger partial charge on any atom is -0.462 e. The van der Waals surface area contributed by atoms with Crippen LogP contribution < -0.4 is 5.32 Å². The second-order valence-corrected chi connectivity index (χ2v) is 7.41. The molecule has 1 aromatic heterocycles. The maximum absolute atomic E-state index is 12.6. The Hall–Kier alpha value is -2.47. The van der Waals surface area contributed by atoms with Crippen molar-refractivity contribution in [2.75, 3.05) is 11.9 Å². The Bertz CT molecular complexity index is 856. The number of ether oxygens (including phenoxy) is 1. The van der Waals surface area contributed by atoms with Crippen LogP contribution >= 0.6 is 11.3 Å². The minimum absolute atomic E-state index is 0.115. The molecule has 0 unspecified atom stereocenters. The van der Waals surface area contributed by atoms with E-state index in [4.69, 9.17) is 4.74 Å². The highest BCUT2D eigenvalue weighted by molar-refractivity contribution is 7.18. The van der Waals surface area contributed by atoms with Crippen molar-refractivity contribution in [3.8, 4) is 0 Å². The number of rotatable bonds is 6. The van der Waals surface area contributed by atoms with Gasteiger partial charge < -0.3 is 10.1 Å². The highest BCUT2D eigenvalue weighted by Gasteiger charge is 2.44. The van der Waals surface area contributed by atoms with E-state index in [1.54, 1.807) is 13.8 Å². The van der Waals surface area contributed by atoms with Gasteiger partial charge in [-0.2, -0.15) is 0 Å². The fraction of sp³-hybridized carbons (Fsp3) is 0.350. The van der Waals surface area contributed by atoms with Crippen LogP contribution in [0.3, 0.4) is 0 Å². The summed E-state index contributed by atoms with van der Waals surface area (Å²) in [6.45, 7) is 5.11. The topological polar surface area (TPSA) is 72.5 Å². The van der Waals surface area contributed by atoms with Gasteiger partial charge in [-0.3, -0.25) is 9.59 Å². The number of carbonyl (C=O) groups excluding carboxylic acids is 3.